The van der Waals surface area contributed by atoms with E-state index in [9.17, 15) is 0 Å². The summed E-state index contributed by atoms with van der Waals surface area (Å²) >= 11 is 0. The van der Waals surface area contributed by atoms with Gasteiger partial charge in [0.15, 0.2) is 0 Å². The molecule has 21 heavy (non-hydrogen) atoms. The Labute approximate surface area is 138 Å². The zero-order valence-electron chi connectivity index (χ0n) is 8.35. The summed E-state index contributed by atoms with van der Waals surface area (Å²) in [6.45, 7) is 0. The van der Waals surface area contributed by atoms with E-state index in [1.807, 2.05) is 0 Å². The van der Waals surface area contributed by atoms with Crippen LogP contribution in [0.4, 0.5) is 0 Å². The molecule has 0 bridgehead atoms. The van der Waals surface area contributed by atoms with E-state index in [-0.39, 0.29) is 22.4 Å². The van der Waals surface area contributed by atoms with Gasteiger partial charge in [0.05, 0.1) is 0 Å². The van der Waals surface area contributed by atoms with Gasteiger partial charge in [0, 0.05) is 0 Å². The molecule has 0 aromatic rings. The minimum atomic E-state index is -4.94. The molecule has 0 amide bonds. The van der Waals surface area contributed by atoms with E-state index in [0.717, 1.165) is 0 Å². The molecular formula is AuCl4O16-. The normalized spacial score (nSPS) is 11.4. The molecule has 0 rings (SSSR count). The fourth-order valence-corrected chi connectivity index (χ4v) is 0. The summed E-state index contributed by atoms with van der Waals surface area (Å²) in [7, 11) is -19.8. The summed E-state index contributed by atoms with van der Waals surface area (Å²) in [6, 6.07) is 0. The second-order valence-corrected chi connectivity index (χ2v) is 4.54. The van der Waals surface area contributed by atoms with Gasteiger partial charge in [0.1, 0.15) is 0 Å². The summed E-state index contributed by atoms with van der Waals surface area (Å²) in [5.74, 6) is 0. The Balaban J connectivity index is -0.0000000533. The summed E-state index contributed by atoms with van der Waals surface area (Å²) < 4.78 is 136. The molecule has 0 aromatic heterocycles. The van der Waals surface area contributed by atoms with E-state index in [2.05, 4.69) is 0 Å². The molecule has 0 spiro atoms. The fourth-order valence-electron chi connectivity index (χ4n) is 0. The maximum absolute atomic E-state index is 8.49. The molecule has 0 saturated carbocycles. The molecule has 0 fully saturated rings. The number of hydrogen-bond acceptors (Lipinski definition) is 16. The van der Waals surface area contributed by atoms with Crippen molar-refractivity contribution in [2.24, 2.45) is 0 Å². The molecule has 0 heterocycles. The van der Waals surface area contributed by atoms with E-state index in [0.29, 0.717) is 0 Å². The Morgan fingerprint density at radius 2 is 0.238 bits per heavy atom. The molecule has 0 N–H and O–H groups in total. The molecule has 16 nitrogen and oxygen atoms in total. The van der Waals surface area contributed by atoms with E-state index in [4.69, 9.17) is 74.5 Å². The smallest absolute Gasteiger partial charge is 0.222 e. The van der Waals surface area contributed by atoms with Gasteiger partial charge >= 0.3 is 22.4 Å². The molecule has 136 valence electrons. The molecule has 0 aliphatic carbocycles. The van der Waals surface area contributed by atoms with Crippen LogP contribution < -0.4 is 74.5 Å². The largest absolute Gasteiger partial charge is 3.00 e. The maximum atomic E-state index is 8.49. The molecular weight excluding hydrogens is 595 g/mol. The van der Waals surface area contributed by atoms with Crippen LogP contribution in [0, 0.1) is 41.0 Å². The zero-order valence-corrected chi connectivity index (χ0v) is 13.5. The van der Waals surface area contributed by atoms with Crippen molar-refractivity contribution in [2.45, 2.75) is 0 Å². The van der Waals surface area contributed by atoms with Crippen molar-refractivity contribution >= 4 is 0 Å². The molecule has 0 atom stereocenters. The molecule has 0 aromatic carbocycles. The minimum absolute atomic E-state index is 0. The Kier molecular flexibility index (Phi) is 22.0. The van der Waals surface area contributed by atoms with Crippen LogP contribution in [-0.4, -0.2) is 0 Å². The predicted molar refractivity (Wildman–Crippen MR) is 0 cm³/mol. The van der Waals surface area contributed by atoms with Crippen LogP contribution in [0.3, 0.4) is 0 Å². The van der Waals surface area contributed by atoms with Crippen LogP contribution in [-0.2, 0) is 22.4 Å². The Morgan fingerprint density at radius 1 is 0.238 bits per heavy atom. The van der Waals surface area contributed by atoms with Gasteiger partial charge < -0.3 is 0 Å². The predicted octanol–water partition coefficient (Wildman–Crippen LogP) is -19.0. The standard InChI is InChI=1S/Au.4ClHO4/c;4*2-1(3,4)5/h;4*(H,2,3,4,5)/q+3;;;;/p-4. The van der Waals surface area contributed by atoms with E-state index in [1.165, 1.54) is 0 Å². The summed E-state index contributed by atoms with van der Waals surface area (Å²) in [5, 5.41) is 0. The Hall–Kier alpha value is 1.26. The monoisotopic (exact) mass is 593 g/mol. The van der Waals surface area contributed by atoms with Crippen LogP contribution >= 0.6 is 0 Å². The third-order valence-electron chi connectivity index (χ3n) is 0. The average Bonchev–Trinajstić information content (AvgIpc) is 1.62. The fraction of sp³-hybridized carbons (Fsp3) is 0. The topological polar surface area (TPSA) is 369 Å². The first kappa shape index (κ1) is 33.8. The molecule has 0 aliphatic heterocycles. The molecule has 0 saturated heterocycles. The second-order valence-electron chi connectivity index (χ2n) is 1.51. The first-order valence-corrected chi connectivity index (χ1v) is 7.41. The Bertz CT molecular complexity index is 130. The third-order valence-corrected chi connectivity index (χ3v) is 0. The van der Waals surface area contributed by atoms with Crippen LogP contribution in [0.1, 0.15) is 0 Å². The SMILES string of the molecule is [Au+3].[O-][Cl+3]([O-])([O-])[O-].[O-][Cl+3]([O-])([O-])[O-].[O-][Cl+3]([O-])([O-])[O-].[O-][Cl+3]([O-])([O-])[O-]. The number of rotatable bonds is 0. The molecule has 0 radical (unpaired) electrons. The van der Waals surface area contributed by atoms with E-state index in [1.54, 1.807) is 0 Å². The van der Waals surface area contributed by atoms with Crippen LogP contribution in [0.25, 0.3) is 0 Å². The van der Waals surface area contributed by atoms with Gasteiger partial charge in [-0.05, 0) is 0 Å². The van der Waals surface area contributed by atoms with E-state index < -0.39 is 41.0 Å². The third kappa shape index (κ3) is 4970. The van der Waals surface area contributed by atoms with Gasteiger partial charge in [0.25, 0.3) is 0 Å². The van der Waals surface area contributed by atoms with Gasteiger partial charge in [0.2, 0.25) is 0 Å². The quantitative estimate of drug-likeness (QED) is 0.235. The first-order valence-electron chi connectivity index (χ1n) is 2.47. The Morgan fingerprint density at radius 3 is 0.238 bits per heavy atom. The van der Waals surface area contributed by atoms with Crippen molar-refractivity contribution in [1.82, 2.24) is 0 Å². The molecule has 0 aliphatic rings. The van der Waals surface area contributed by atoms with Crippen LogP contribution in [0.2, 0.25) is 0 Å². The number of halogens is 4. The van der Waals surface area contributed by atoms with Crippen molar-refractivity contribution in [3.8, 4) is 0 Å². The molecule has 0 unspecified atom stereocenters. The summed E-state index contributed by atoms with van der Waals surface area (Å²) in [4.78, 5) is 0. The van der Waals surface area contributed by atoms with Gasteiger partial charge in [-0.15, -0.1) is 41.0 Å². The zero-order chi connectivity index (χ0) is 18.0. The van der Waals surface area contributed by atoms with Gasteiger partial charge in [-0.3, -0.25) is 0 Å². The van der Waals surface area contributed by atoms with Crippen molar-refractivity contribution in [3.63, 3.8) is 0 Å². The van der Waals surface area contributed by atoms with Gasteiger partial charge in [-0.25, -0.2) is 74.5 Å². The van der Waals surface area contributed by atoms with Crippen LogP contribution in [0.5, 0.6) is 0 Å². The first-order chi connectivity index (χ1) is 8.00. The van der Waals surface area contributed by atoms with Crippen molar-refractivity contribution in [1.29, 1.82) is 0 Å². The number of hydrogen-bond donors (Lipinski definition) is 0. The summed E-state index contributed by atoms with van der Waals surface area (Å²) in [6.07, 6.45) is 0. The summed E-state index contributed by atoms with van der Waals surface area (Å²) in [5.41, 5.74) is 0. The minimum Gasteiger partial charge on any atom is -0.222 e. The second kappa shape index (κ2) is 13.7. The average molecular weight is 595 g/mol. The van der Waals surface area contributed by atoms with Crippen molar-refractivity contribution < 1.29 is 138 Å². The van der Waals surface area contributed by atoms with E-state index >= 15 is 0 Å². The van der Waals surface area contributed by atoms with Crippen LogP contribution in [0.15, 0.2) is 0 Å². The molecule has 21 heteroatoms. The van der Waals surface area contributed by atoms with Gasteiger partial charge in [-0.2, -0.15) is 0 Å². The van der Waals surface area contributed by atoms with Crippen molar-refractivity contribution in [3.05, 3.63) is 0 Å². The van der Waals surface area contributed by atoms with Gasteiger partial charge in [-0.1, -0.05) is 0 Å². The maximum Gasteiger partial charge on any atom is 3.00 e. The van der Waals surface area contributed by atoms with Crippen molar-refractivity contribution in [2.75, 3.05) is 0 Å².